The van der Waals surface area contributed by atoms with Crippen LogP contribution < -0.4 is 5.73 Å². The average Bonchev–Trinajstić information content (AvgIpc) is 2.11. The van der Waals surface area contributed by atoms with Gasteiger partial charge < -0.3 is 5.73 Å². The van der Waals surface area contributed by atoms with E-state index in [0.717, 1.165) is 8.95 Å². The molecule has 0 amide bonds. The average molecular weight is 397 g/mol. The SMILES string of the molecule is Cl.N[C@@H](CCC(F)(F)F)c1cc(Br)cc(Br)c1. The molecule has 0 radical (unpaired) electrons. The van der Waals surface area contributed by atoms with E-state index < -0.39 is 18.6 Å². The molecule has 0 saturated carbocycles. The zero-order valence-electron chi connectivity index (χ0n) is 8.60. The van der Waals surface area contributed by atoms with Crippen molar-refractivity contribution in [3.05, 3.63) is 32.7 Å². The van der Waals surface area contributed by atoms with Gasteiger partial charge in [0.15, 0.2) is 0 Å². The lowest BCUT2D eigenvalue weighted by Gasteiger charge is -2.14. The number of hydrogen-bond acceptors (Lipinski definition) is 1. The zero-order chi connectivity index (χ0) is 12.3. The quantitative estimate of drug-likeness (QED) is 0.765. The minimum absolute atomic E-state index is 0. The molecule has 0 unspecified atom stereocenters. The Morgan fingerprint density at radius 3 is 2.00 bits per heavy atom. The second-order valence-corrected chi connectivity index (χ2v) is 5.29. The van der Waals surface area contributed by atoms with Crippen LogP contribution in [0.4, 0.5) is 13.2 Å². The molecule has 1 aromatic rings. The lowest BCUT2D eigenvalue weighted by Crippen LogP contribution is -2.15. The molecule has 1 aromatic carbocycles. The Kier molecular flexibility index (Phi) is 7.06. The van der Waals surface area contributed by atoms with Crippen molar-refractivity contribution in [1.82, 2.24) is 0 Å². The van der Waals surface area contributed by atoms with Gasteiger partial charge in [0.1, 0.15) is 0 Å². The summed E-state index contributed by atoms with van der Waals surface area (Å²) < 4.78 is 37.6. The normalized spacial score (nSPS) is 13.1. The molecule has 0 aliphatic rings. The first-order valence-corrected chi connectivity index (χ1v) is 6.15. The Morgan fingerprint density at radius 1 is 1.12 bits per heavy atom. The van der Waals surface area contributed by atoms with Gasteiger partial charge in [0.2, 0.25) is 0 Å². The van der Waals surface area contributed by atoms with Gasteiger partial charge in [0.25, 0.3) is 0 Å². The molecule has 1 nitrogen and oxygen atoms in total. The molecule has 17 heavy (non-hydrogen) atoms. The Bertz CT molecular complexity index is 351. The number of halogens is 6. The predicted octanol–water partition coefficient (Wildman–Crippen LogP) is 4.98. The van der Waals surface area contributed by atoms with E-state index in [-0.39, 0.29) is 18.8 Å². The lowest BCUT2D eigenvalue weighted by atomic mass is 10.0. The molecule has 0 aliphatic heterocycles. The molecule has 0 bridgehead atoms. The second kappa shape index (κ2) is 6.97. The molecular formula is C10H11Br2ClF3N. The van der Waals surface area contributed by atoms with Gasteiger partial charge in [-0.1, -0.05) is 31.9 Å². The summed E-state index contributed by atoms with van der Waals surface area (Å²) in [4.78, 5) is 0. The molecular weight excluding hydrogens is 386 g/mol. The largest absolute Gasteiger partial charge is 0.389 e. The topological polar surface area (TPSA) is 26.0 Å². The molecule has 98 valence electrons. The number of rotatable bonds is 3. The van der Waals surface area contributed by atoms with Gasteiger partial charge in [-0.25, -0.2) is 0 Å². The maximum atomic E-state index is 12.0. The molecule has 2 N–H and O–H groups in total. The van der Waals surface area contributed by atoms with Crippen molar-refractivity contribution in [2.75, 3.05) is 0 Å². The van der Waals surface area contributed by atoms with Crippen molar-refractivity contribution in [2.24, 2.45) is 5.73 Å². The van der Waals surface area contributed by atoms with E-state index in [1.165, 1.54) is 0 Å². The minimum Gasteiger partial charge on any atom is -0.324 e. The van der Waals surface area contributed by atoms with Gasteiger partial charge in [-0.05, 0) is 30.2 Å². The fourth-order valence-corrected chi connectivity index (χ4v) is 2.60. The number of alkyl halides is 3. The highest BCUT2D eigenvalue weighted by molar-refractivity contribution is 9.11. The van der Waals surface area contributed by atoms with Gasteiger partial charge in [-0.15, -0.1) is 12.4 Å². The van der Waals surface area contributed by atoms with Gasteiger partial charge in [0, 0.05) is 21.4 Å². The zero-order valence-corrected chi connectivity index (χ0v) is 12.6. The first-order valence-electron chi connectivity index (χ1n) is 4.56. The molecule has 0 aliphatic carbocycles. The summed E-state index contributed by atoms with van der Waals surface area (Å²) in [6.45, 7) is 0. The van der Waals surface area contributed by atoms with E-state index in [2.05, 4.69) is 31.9 Å². The van der Waals surface area contributed by atoms with E-state index >= 15 is 0 Å². The third-order valence-corrected chi connectivity index (χ3v) is 2.97. The fraction of sp³-hybridized carbons (Fsp3) is 0.400. The van der Waals surface area contributed by atoms with E-state index in [9.17, 15) is 13.2 Å². The third kappa shape index (κ3) is 6.64. The minimum atomic E-state index is -4.15. The molecule has 0 saturated heterocycles. The predicted molar refractivity (Wildman–Crippen MR) is 71.3 cm³/mol. The van der Waals surface area contributed by atoms with Crippen LogP contribution in [0, 0.1) is 0 Å². The smallest absolute Gasteiger partial charge is 0.324 e. The Morgan fingerprint density at radius 2 is 1.59 bits per heavy atom. The van der Waals surface area contributed by atoms with Crippen LogP contribution in [-0.4, -0.2) is 6.18 Å². The highest BCUT2D eigenvalue weighted by atomic mass is 79.9. The van der Waals surface area contributed by atoms with Crippen molar-refractivity contribution < 1.29 is 13.2 Å². The highest BCUT2D eigenvalue weighted by Crippen LogP contribution is 2.29. The highest BCUT2D eigenvalue weighted by Gasteiger charge is 2.27. The van der Waals surface area contributed by atoms with Crippen LogP contribution in [0.5, 0.6) is 0 Å². The summed E-state index contributed by atoms with van der Waals surface area (Å²) in [7, 11) is 0. The Labute approximate surface area is 121 Å². The summed E-state index contributed by atoms with van der Waals surface area (Å²) in [5, 5.41) is 0. The number of benzene rings is 1. The van der Waals surface area contributed by atoms with Crippen molar-refractivity contribution >= 4 is 44.3 Å². The first kappa shape index (κ1) is 17.2. The summed E-state index contributed by atoms with van der Waals surface area (Å²) in [6, 6.07) is 4.66. The van der Waals surface area contributed by atoms with Crippen LogP contribution >= 0.6 is 44.3 Å². The number of hydrogen-bond donors (Lipinski definition) is 1. The van der Waals surface area contributed by atoms with Crippen LogP contribution in [0.1, 0.15) is 24.4 Å². The summed E-state index contributed by atoms with van der Waals surface area (Å²) in [5.41, 5.74) is 6.38. The van der Waals surface area contributed by atoms with Crippen LogP contribution in [0.2, 0.25) is 0 Å². The van der Waals surface area contributed by atoms with Gasteiger partial charge in [-0.3, -0.25) is 0 Å². The Balaban J connectivity index is 0.00000256. The van der Waals surface area contributed by atoms with Crippen molar-refractivity contribution in [1.29, 1.82) is 0 Å². The van der Waals surface area contributed by atoms with Crippen LogP contribution in [0.15, 0.2) is 27.1 Å². The lowest BCUT2D eigenvalue weighted by molar-refractivity contribution is -0.136. The van der Waals surface area contributed by atoms with Crippen molar-refractivity contribution in [3.63, 3.8) is 0 Å². The molecule has 1 rings (SSSR count). The monoisotopic (exact) mass is 395 g/mol. The van der Waals surface area contributed by atoms with Crippen molar-refractivity contribution in [2.45, 2.75) is 25.1 Å². The van der Waals surface area contributed by atoms with E-state index in [4.69, 9.17) is 5.73 Å². The van der Waals surface area contributed by atoms with Crippen LogP contribution in [0.3, 0.4) is 0 Å². The number of nitrogens with two attached hydrogens (primary N) is 1. The van der Waals surface area contributed by atoms with Crippen molar-refractivity contribution in [3.8, 4) is 0 Å². The molecule has 0 fully saturated rings. The maximum absolute atomic E-state index is 12.0. The van der Waals surface area contributed by atoms with Gasteiger partial charge in [0.05, 0.1) is 0 Å². The first-order chi connectivity index (χ1) is 7.28. The molecule has 1 atom stereocenters. The molecule has 0 heterocycles. The summed E-state index contributed by atoms with van der Waals surface area (Å²) >= 11 is 6.53. The van der Waals surface area contributed by atoms with Crippen LogP contribution in [-0.2, 0) is 0 Å². The second-order valence-electron chi connectivity index (χ2n) is 3.46. The molecule has 7 heteroatoms. The fourth-order valence-electron chi connectivity index (χ4n) is 1.28. The van der Waals surface area contributed by atoms with E-state index in [0.29, 0.717) is 5.56 Å². The van der Waals surface area contributed by atoms with E-state index in [1.54, 1.807) is 18.2 Å². The Hall–Kier alpha value is 0.220. The van der Waals surface area contributed by atoms with Crippen LogP contribution in [0.25, 0.3) is 0 Å². The van der Waals surface area contributed by atoms with Gasteiger partial charge in [-0.2, -0.15) is 13.2 Å². The van der Waals surface area contributed by atoms with E-state index in [1.807, 2.05) is 0 Å². The standard InChI is InChI=1S/C10H10Br2F3N.ClH/c11-7-3-6(4-8(12)5-7)9(16)1-2-10(13,14)15;/h3-5,9H,1-2,16H2;1H/t9-;/m0./s1. The molecule has 0 spiro atoms. The third-order valence-electron chi connectivity index (χ3n) is 2.05. The maximum Gasteiger partial charge on any atom is 0.389 e. The summed E-state index contributed by atoms with van der Waals surface area (Å²) in [6.07, 6.45) is -5.12. The molecule has 0 aromatic heterocycles. The summed E-state index contributed by atoms with van der Waals surface area (Å²) in [5.74, 6) is 0. The van der Waals surface area contributed by atoms with Gasteiger partial charge >= 0.3 is 6.18 Å².